The maximum atomic E-state index is 2.55. The molecular weight excluding hydrogens is 627 g/mol. The lowest BCUT2D eigenvalue weighted by Gasteiger charge is -2.29. The molecule has 1 aliphatic heterocycles. The summed E-state index contributed by atoms with van der Waals surface area (Å²) in [5, 5.41) is 7.83. The molecule has 0 amide bonds. The van der Waals surface area contributed by atoms with E-state index in [2.05, 4.69) is 195 Å². The van der Waals surface area contributed by atoms with Crippen LogP contribution < -0.4 is 4.90 Å². The monoisotopic (exact) mass is 663 g/mol. The van der Waals surface area contributed by atoms with Gasteiger partial charge >= 0.3 is 0 Å². The molecule has 0 fully saturated rings. The average Bonchev–Trinajstić information content (AvgIpc) is 3.65. The summed E-state index contributed by atoms with van der Waals surface area (Å²) < 4.78 is 0. The first-order valence-electron chi connectivity index (χ1n) is 18.5. The minimum Gasteiger partial charge on any atom is -0.333 e. The van der Waals surface area contributed by atoms with Gasteiger partial charge in [-0.15, -0.1) is 0 Å². The average molecular weight is 664 g/mol. The minimum atomic E-state index is 0.0128. The molecule has 0 saturated heterocycles. The normalized spacial score (nSPS) is 17.8. The molecule has 8 aromatic rings. The molecule has 1 nitrogen and oxygen atoms in total. The number of benzene rings is 8. The summed E-state index contributed by atoms with van der Waals surface area (Å²) in [6.45, 7) is 4.70. The predicted octanol–water partition coefficient (Wildman–Crippen LogP) is 13.5. The molecule has 1 heterocycles. The molecule has 0 aromatic heterocycles. The molecule has 52 heavy (non-hydrogen) atoms. The number of rotatable bonds is 3. The van der Waals surface area contributed by atoms with Gasteiger partial charge in [0.05, 0.1) is 6.04 Å². The largest absolute Gasteiger partial charge is 0.333 e. The molecule has 0 bridgehead atoms. The Morgan fingerprint density at radius 2 is 1.04 bits per heavy atom. The molecular formula is C51H37N. The lowest BCUT2D eigenvalue weighted by molar-refractivity contribution is 0.660. The molecule has 246 valence electrons. The highest BCUT2D eigenvalue weighted by Gasteiger charge is 2.38. The SMILES string of the molecule is CC1(C)c2ccccc2-c2cc(-c3ccc4c(c3)C3C=CC=CC3N4c3cccc(-c4ccc5c6ccccc6c6ccccc6c5c4)c3)ccc21. The molecule has 0 N–H and O–H groups in total. The lowest BCUT2D eigenvalue weighted by atomic mass is 9.82. The summed E-state index contributed by atoms with van der Waals surface area (Å²) >= 11 is 0. The molecule has 3 aliphatic rings. The van der Waals surface area contributed by atoms with Crippen LogP contribution in [-0.2, 0) is 5.41 Å². The Morgan fingerprint density at radius 1 is 0.442 bits per heavy atom. The first-order valence-corrected chi connectivity index (χ1v) is 18.5. The number of nitrogens with zero attached hydrogens (tertiary/aromatic N) is 1. The van der Waals surface area contributed by atoms with Gasteiger partial charge in [-0.2, -0.15) is 0 Å². The number of hydrogen-bond donors (Lipinski definition) is 0. The van der Waals surface area contributed by atoms with Crippen LogP contribution in [-0.4, -0.2) is 6.04 Å². The van der Waals surface area contributed by atoms with Crippen LogP contribution in [0.3, 0.4) is 0 Å². The Labute approximate surface area is 304 Å². The fraction of sp³-hybridized carbons (Fsp3) is 0.0980. The second-order valence-electron chi connectivity index (χ2n) is 15.3. The van der Waals surface area contributed by atoms with E-state index in [1.807, 2.05) is 0 Å². The van der Waals surface area contributed by atoms with Crippen LogP contribution in [0.25, 0.3) is 65.7 Å². The van der Waals surface area contributed by atoms with Gasteiger partial charge < -0.3 is 4.90 Å². The van der Waals surface area contributed by atoms with Gasteiger partial charge in [-0.1, -0.05) is 153 Å². The third-order valence-corrected chi connectivity index (χ3v) is 12.2. The van der Waals surface area contributed by atoms with Crippen molar-refractivity contribution >= 4 is 43.7 Å². The quantitative estimate of drug-likeness (QED) is 0.170. The zero-order valence-corrected chi connectivity index (χ0v) is 29.3. The second-order valence-corrected chi connectivity index (χ2v) is 15.3. The van der Waals surface area contributed by atoms with E-state index in [4.69, 9.17) is 0 Å². The van der Waals surface area contributed by atoms with E-state index < -0.39 is 0 Å². The third-order valence-electron chi connectivity index (χ3n) is 12.2. The van der Waals surface area contributed by atoms with Crippen LogP contribution in [0, 0.1) is 0 Å². The topological polar surface area (TPSA) is 3.24 Å². The van der Waals surface area contributed by atoms with Gasteiger partial charge in [-0.3, -0.25) is 0 Å². The van der Waals surface area contributed by atoms with Crippen LogP contribution >= 0.6 is 0 Å². The van der Waals surface area contributed by atoms with Gasteiger partial charge in [0.15, 0.2) is 0 Å². The van der Waals surface area contributed by atoms with E-state index >= 15 is 0 Å². The van der Waals surface area contributed by atoms with Crippen molar-refractivity contribution in [3.8, 4) is 33.4 Å². The number of allylic oxidation sites excluding steroid dienone is 2. The van der Waals surface area contributed by atoms with Gasteiger partial charge in [0.25, 0.3) is 0 Å². The van der Waals surface area contributed by atoms with E-state index in [0.717, 1.165) is 0 Å². The maximum absolute atomic E-state index is 2.55. The highest BCUT2D eigenvalue weighted by atomic mass is 15.2. The van der Waals surface area contributed by atoms with Gasteiger partial charge in [0.2, 0.25) is 0 Å². The first kappa shape index (κ1) is 29.5. The molecule has 2 atom stereocenters. The minimum absolute atomic E-state index is 0.0128. The summed E-state index contributed by atoms with van der Waals surface area (Å²) in [7, 11) is 0. The van der Waals surface area contributed by atoms with Crippen LogP contribution in [0.5, 0.6) is 0 Å². The van der Waals surface area contributed by atoms with E-state index in [9.17, 15) is 0 Å². The predicted molar refractivity (Wildman–Crippen MR) is 221 cm³/mol. The van der Waals surface area contributed by atoms with Crippen molar-refractivity contribution in [1.29, 1.82) is 0 Å². The Bertz CT molecular complexity index is 2810. The van der Waals surface area contributed by atoms with Crippen LogP contribution in [0.1, 0.15) is 36.5 Å². The first-order chi connectivity index (χ1) is 25.5. The van der Waals surface area contributed by atoms with E-state index in [-0.39, 0.29) is 17.4 Å². The Hall–Kier alpha value is -6.18. The summed E-state index contributed by atoms with van der Waals surface area (Å²) in [6, 6.07) is 57.2. The van der Waals surface area contributed by atoms with Crippen LogP contribution in [0.2, 0.25) is 0 Å². The molecule has 8 aromatic carbocycles. The highest BCUT2D eigenvalue weighted by molar-refractivity contribution is 6.25. The highest BCUT2D eigenvalue weighted by Crippen LogP contribution is 2.52. The maximum Gasteiger partial charge on any atom is 0.0629 e. The molecule has 0 saturated carbocycles. The fourth-order valence-electron chi connectivity index (χ4n) is 9.64. The molecule has 0 spiro atoms. The van der Waals surface area contributed by atoms with Gasteiger partial charge in [-0.25, -0.2) is 0 Å². The fourth-order valence-corrected chi connectivity index (χ4v) is 9.64. The molecule has 2 unspecified atom stereocenters. The van der Waals surface area contributed by atoms with Crippen molar-refractivity contribution in [2.45, 2.75) is 31.2 Å². The van der Waals surface area contributed by atoms with Crippen LogP contribution in [0.15, 0.2) is 176 Å². The van der Waals surface area contributed by atoms with Gasteiger partial charge in [-0.05, 0) is 119 Å². The molecule has 1 heteroatoms. The van der Waals surface area contributed by atoms with Gasteiger partial charge in [0, 0.05) is 22.7 Å². The number of anilines is 2. The Morgan fingerprint density at radius 3 is 1.85 bits per heavy atom. The van der Waals surface area contributed by atoms with Crippen molar-refractivity contribution < 1.29 is 0 Å². The third kappa shape index (κ3) is 4.17. The van der Waals surface area contributed by atoms with Crippen molar-refractivity contribution in [3.05, 3.63) is 193 Å². The zero-order chi connectivity index (χ0) is 34.6. The van der Waals surface area contributed by atoms with E-state index in [1.165, 1.54) is 93.8 Å². The van der Waals surface area contributed by atoms with Crippen molar-refractivity contribution in [3.63, 3.8) is 0 Å². The number of hydrogen-bond acceptors (Lipinski definition) is 1. The van der Waals surface area contributed by atoms with Crippen molar-refractivity contribution in [2.75, 3.05) is 4.90 Å². The molecule has 0 radical (unpaired) electrons. The van der Waals surface area contributed by atoms with Crippen molar-refractivity contribution in [1.82, 2.24) is 0 Å². The Balaban J connectivity index is 1.01. The summed E-state index contributed by atoms with van der Waals surface area (Å²) in [5.41, 5.74) is 14.5. The number of fused-ring (bicyclic) bond motifs is 12. The smallest absolute Gasteiger partial charge is 0.0629 e. The van der Waals surface area contributed by atoms with E-state index in [1.54, 1.807) is 0 Å². The lowest BCUT2D eigenvalue weighted by Crippen LogP contribution is -2.28. The Kier molecular flexibility index (Phi) is 6.20. The summed E-state index contributed by atoms with van der Waals surface area (Å²) in [4.78, 5) is 2.55. The standard InChI is InChI=1S/C51H37N/c1-51(2)47-20-9-7-18-42(47)45-30-34(23-26-48(45)51)35-24-27-50-46(31-35)43-19-8-10-21-49(43)52(50)36-13-11-12-32(28-36)33-22-25-41-39-16-4-3-14-37(39)38-15-5-6-17-40(38)44(41)29-33/h3-31,43,49H,1-2H3. The van der Waals surface area contributed by atoms with Crippen molar-refractivity contribution in [2.24, 2.45) is 0 Å². The second kappa shape index (κ2) is 10.9. The summed E-state index contributed by atoms with van der Waals surface area (Å²) in [5.74, 6) is 0.290. The van der Waals surface area contributed by atoms with Crippen LogP contribution in [0.4, 0.5) is 11.4 Å². The molecule has 11 rings (SSSR count). The summed E-state index contributed by atoms with van der Waals surface area (Å²) in [6.07, 6.45) is 9.19. The van der Waals surface area contributed by atoms with Gasteiger partial charge in [0.1, 0.15) is 0 Å². The van der Waals surface area contributed by atoms with E-state index in [0.29, 0.717) is 0 Å². The molecule has 2 aliphatic carbocycles. The zero-order valence-electron chi connectivity index (χ0n) is 29.3.